The molecule has 0 saturated carbocycles. The second-order valence-electron chi connectivity index (χ2n) is 4.61. The van der Waals surface area contributed by atoms with Gasteiger partial charge in [-0.3, -0.25) is 4.79 Å². The van der Waals surface area contributed by atoms with Crippen molar-refractivity contribution in [3.05, 3.63) is 34.3 Å². The van der Waals surface area contributed by atoms with Gasteiger partial charge in [0, 0.05) is 24.6 Å². The number of hydrazine groups is 1. The van der Waals surface area contributed by atoms with Crippen molar-refractivity contribution in [2.24, 2.45) is 0 Å². The van der Waals surface area contributed by atoms with Crippen LogP contribution in [0.4, 0.5) is 0 Å². The smallest absolute Gasteiger partial charge is 0.322 e. The maximum absolute atomic E-state index is 11.1. The molecule has 5 heteroatoms. The number of hydrogen-bond acceptors (Lipinski definition) is 3. The highest BCUT2D eigenvalue weighted by Gasteiger charge is 2.32. The van der Waals surface area contributed by atoms with Crippen molar-refractivity contribution < 1.29 is 9.90 Å². The summed E-state index contributed by atoms with van der Waals surface area (Å²) in [6, 6.07) is 7.71. The minimum Gasteiger partial charge on any atom is -0.480 e. The van der Waals surface area contributed by atoms with Crippen LogP contribution >= 0.6 is 15.9 Å². The molecule has 1 saturated heterocycles. The van der Waals surface area contributed by atoms with Gasteiger partial charge in [-0.25, -0.2) is 10.0 Å². The topological polar surface area (TPSA) is 43.8 Å². The lowest BCUT2D eigenvalue weighted by molar-refractivity contribution is -0.149. The van der Waals surface area contributed by atoms with E-state index in [1.807, 2.05) is 35.3 Å². The number of aliphatic carboxylic acids is 1. The molecule has 0 radical (unpaired) electrons. The number of rotatable bonds is 4. The molecule has 0 amide bonds. The summed E-state index contributed by atoms with van der Waals surface area (Å²) < 4.78 is 1.05. The number of benzene rings is 1. The first-order valence-corrected chi connectivity index (χ1v) is 6.82. The highest BCUT2D eigenvalue weighted by atomic mass is 79.9. The van der Waals surface area contributed by atoms with Gasteiger partial charge in [-0.05, 0) is 30.5 Å². The molecule has 1 unspecified atom stereocenters. The molecule has 2 rings (SSSR count). The Morgan fingerprint density at radius 1 is 1.61 bits per heavy atom. The van der Waals surface area contributed by atoms with Crippen LogP contribution in [0.15, 0.2) is 28.7 Å². The van der Waals surface area contributed by atoms with Gasteiger partial charge >= 0.3 is 5.97 Å². The SMILES string of the molecule is CN(Cc1cccc(Br)c1)N1CCCC1C(=O)O. The molecular formula is C13H17BrN2O2. The second-order valence-corrected chi connectivity index (χ2v) is 5.52. The summed E-state index contributed by atoms with van der Waals surface area (Å²) in [5, 5.41) is 13.1. The van der Waals surface area contributed by atoms with Crippen LogP contribution in [0.5, 0.6) is 0 Å². The third-order valence-corrected chi connectivity index (χ3v) is 3.74. The van der Waals surface area contributed by atoms with Gasteiger partial charge < -0.3 is 5.11 Å². The molecule has 1 fully saturated rings. The van der Waals surface area contributed by atoms with E-state index in [9.17, 15) is 4.79 Å². The van der Waals surface area contributed by atoms with E-state index >= 15 is 0 Å². The zero-order valence-electron chi connectivity index (χ0n) is 10.3. The Hall–Kier alpha value is -0.910. The third-order valence-electron chi connectivity index (χ3n) is 3.25. The van der Waals surface area contributed by atoms with Gasteiger partial charge in [0.1, 0.15) is 6.04 Å². The first-order chi connectivity index (χ1) is 8.58. The molecule has 1 aromatic rings. The predicted octanol–water partition coefficient (Wildman–Crippen LogP) is 2.34. The highest BCUT2D eigenvalue weighted by Crippen LogP contribution is 2.21. The van der Waals surface area contributed by atoms with Gasteiger partial charge in [0.05, 0.1) is 0 Å². The zero-order chi connectivity index (χ0) is 13.1. The molecule has 98 valence electrons. The summed E-state index contributed by atoms with van der Waals surface area (Å²) in [5.74, 6) is -0.728. The summed E-state index contributed by atoms with van der Waals surface area (Å²) in [7, 11) is 1.95. The third kappa shape index (κ3) is 3.10. The summed E-state index contributed by atoms with van der Waals surface area (Å²) in [5.41, 5.74) is 1.17. The molecular weight excluding hydrogens is 296 g/mol. The minimum absolute atomic E-state index is 0.373. The molecule has 1 aromatic carbocycles. The van der Waals surface area contributed by atoms with E-state index in [0.29, 0.717) is 0 Å². The van der Waals surface area contributed by atoms with Crippen molar-refractivity contribution in [2.45, 2.75) is 25.4 Å². The van der Waals surface area contributed by atoms with Gasteiger partial charge in [-0.1, -0.05) is 28.1 Å². The van der Waals surface area contributed by atoms with Crippen molar-refractivity contribution in [3.8, 4) is 0 Å². The van der Waals surface area contributed by atoms with Crippen molar-refractivity contribution in [1.82, 2.24) is 10.0 Å². The molecule has 0 spiro atoms. The fourth-order valence-corrected chi connectivity index (χ4v) is 2.85. The molecule has 1 heterocycles. The molecule has 18 heavy (non-hydrogen) atoms. The summed E-state index contributed by atoms with van der Waals surface area (Å²) >= 11 is 3.44. The van der Waals surface area contributed by atoms with E-state index < -0.39 is 5.97 Å². The van der Waals surface area contributed by atoms with Crippen LogP contribution in [0.3, 0.4) is 0 Å². The Morgan fingerprint density at radius 2 is 2.39 bits per heavy atom. The number of nitrogens with zero attached hydrogens (tertiary/aromatic N) is 2. The first-order valence-electron chi connectivity index (χ1n) is 6.03. The Bertz CT molecular complexity index is 439. The van der Waals surface area contributed by atoms with Crippen molar-refractivity contribution >= 4 is 21.9 Å². The average molecular weight is 313 g/mol. The lowest BCUT2D eigenvalue weighted by Crippen LogP contribution is -2.46. The molecule has 1 atom stereocenters. The van der Waals surface area contributed by atoms with Crippen LogP contribution in [-0.2, 0) is 11.3 Å². The summed E-state index contributed by atoms with van der Waals surface area (Å²) in [6.45, 7) is 1.55. The van der Waals surface area contributed by atoms with Gasteiger partial charge in [-0.15, -0.1) is 0 Å². The van der Waals surface area contributed by atoms with E-state index in [-0.39, 0.29) is 6.04 Å². The summed E-state index contributed by atoms with van der Waals surface area (Å²) in [4.78, 5) is 11.1. The Labute approximate surface area is 115 Å². The molecule has 0 aromatic heterocycles. The molecule has 1 N–H and O–H groups in total. The van der Waals surface area contributed by atoms with E-state index in [1.54, 1.807) is 0 Å². The van der Waals surface area contributed by atoms with Crippen LogP contribution in [0.2, 0.25) is 0 Å². The molecule has 4 nitrogen and oxygen atoms in total. The van der Waals surface area contributed by atoms with Gasteiger partial charge in [-0.2, -0.15) is 0 Å². The summed E-state index contributed by atoms with van der Waals surface area (Å²) in [6.07, 6.45) is 1.68. The van der Waals surface area contributed by atoms with E-state index in [0.717, 1.165) is 30.4 Å². The van der Waals surface area contributed by atoms with Crippen LogP contribution in [0.25, 0.3) is 0 Å². The molecule has 0 aliphatic carbocycles. The van der Waals surface area contributed by atoms with Crippen molar-refractivity contribution in [2.75, 3.05) is 13.6 Å². The van der Waals surface area contributed by atoms with E-state index in [4.69, 9.17) is 5.11 Å². The van der Waals surface area contributed by atoms with Gasteiger partial charge in [0.15, 0.2) is 0 Å². The minimum atomic E-state index is -0.728. The van der Waals surface area contributed by atoms with Crippen LogP contribution < -0.4 is 0 Å². The fraction of sp³-hybridized carbons (Fsp3) is 0.462. The Kier molecular flexibility index (Phi) is 4.37. The van der Waals surface area contributed by atoms with Gasteiger partial charge in [0.2, 0.25) is 0 Å². The number of carboxylic acids is 1. The number of halogens is 1. The lowest BCUT2D eigenvalue weighted by atomic mass is 10.2. The Balaban J connectivity index is 2.03. The van der Waals surface area contributed by atoms with Crippen molar-refractivity contribution in [3.63, 3.8) is 0 Å². The maximum Gasteiger partial charge on any atom is 0.322 e. The first kappa shape index (κ1) is 13.5. The highest BCUT2D eigenvalue weighted by molar-refractivity contribution is 9.10. The number of carbonyl (C=O) groups is 1. The quantitative estimate of drug-likeness (QED) is 0.927. The van der Waals surface area contributed by atoms with Crippen LogP contribution in [0, 0.1) is 0 Å². The molecule has 0 bridgehead atoms. The molecule has 1 aliphatic heterocycles. The van der Waals surface area contributed by atoms with Crippen LogP contribution in [-0.4, -0.2) is 40.7 Å². The standard InChI is InChI=1S/C13H17BrN2O2/c1-15(9-10-4-2-5-11(14)8-10)16-7-3-6-12(16)13(17)18/h2,4-5,8,12H,3,6-7,9H2,1H3,(H,17,18). The zero-order valence-corrected chi connectivity index (χ0v) is 11.9. The molecule has 1 aliphatic rings. The fourth-order valence-electron chi connectivity index (χ4n) is 2.40. The van der Waals surface area contributed by atoms with E-state index in [2.05, 4.69) is 22.0 Å². The largest absolute Gasteiger partial charge is 0.480 e. The maximum atomic E-state index is 11.1. The van der Waals surface area contributed by atoms with E-state index in [1.165, 1.54) is 5.56 Å². The second kappa shape index (κ2) is 5.82. The monoisotopic (exact) mass is 312 g/mol. The Morgan fingerprint density at radius 3 is 3.06 bits per heavy atom. The van der Waals surface area contributed by atoms with Crippen LogP contribution in [0.1, 0.15) is 18.4 Å². The number of carboxylic acid groups (broad SMARTS) is 1. The van der Waals surface area contributed by atoms with Gasteiger partial charge in [0.25, 0.3) is 0 Å². The average Bonchev–Trinajstić information content (AvgIpc) is 2.77. The lowest BCUT2D eigenvalue weighted by Gasteiger charge is -2.31. The van der Waals surface area contributed by atoms with Crippen molar-refractivity contribution in [1.29, 1.82) is 0 Å². The number of hydrogen-bond donors (Lipinski definition) is 1. The normalized spacial score (nSPS) is 20.5. The predicted molar refractivity (Wildman–Crippen MR) is 73.0 cm³/mol.